The number of benzene rings is 2. The van der Waals surface area contributed by atoms with E-state index >= 15 is 0 Å². The molecule has 0 fully saturated rings. The number of likely N-dealkylation sites (N-methyl/N-ethyl adjacent to an activating group) is 1. The number of hydrogen-bond donors (Lipinski definition) is 0. The molecule has 0 unspecified atom stereocenters. The van der Waals surface area contributed by atoms with Gasteiger partial charge in [-0.25, -0.2) is 4.39 Å². The summed E-state index contributed by atoms with van der Waals surface area (Å²) in [4.78, 5) is 1.80. The predicted molar refractivity (Wildman–Crippen MR) is 76.3 cm³/mol. The minimum absolute atomic E-state index is 0.249. The Morgan fingerprint density at radius 1 is 1.20 bits per heavy atom. The van der Waals surface area contributed by atoms with Crippen LogP contribution in [0.25, 0.3) is 0 Å². The van der Waals surface area contributed by atoms with Crippen molar-refractivity contribution in [2.75, 3.05) is 25.1 Å². The number of para-hydroxylation sites is 1. The minimum Gasteiger partial charge on any atom is -0.492 e. The lowest BCUT2D eigenvalue weighted by molar-refractivity contribution is 0.325. The monoisotopic (exact) mass is 270 g/mol. The highest BCUT2D eigenvalue weighted by atomic mass is 19.1. The summed E-state index contributed by atoms with van der Waals surface area (Å²) in [5.74, 6) is 0.396. The van der Waals surface area contributed by atoms with E-state index < -0.39 is 0 Å². The molecule has 0 saturated carbocycles. The van der Waals surface area contributed by atoms with Gasteiger partial charge in [0.05, 0.1) is 23.9 Å². The first-order valence-electron chi connectivity index (χ1n) is 6.29. The fourth-order valence-corrected chi connectivity index (χ4v) is 1.84. The molecule has 20 heavy (non-hydrogen) atoms. The molecule has 0 aliphatic heterocycles. The summed E-state index contributed by atoms with van der Waals surface area (Å²) < 4.78 is 19.1. The normalized spacial score (nSPS) is 9.85. The van der Waals surface area contributed by atoms with Crippen molar-refractivity contribution in [1.82, 2.24) is 0 Å². The lowest BCUT2D eigenvalue weighted by Gasteiger charge is -2.20. The maximum absolute atomic E-state index is 13.6. The molecule has 0 aliphatic rings. The van der Waals surface area contributed by atoms with Crippen LogP contribution in [-0.2, 0) is 0 Å². The molecule has 0 heterocycles. The Hall–Kier alpha value is -2.54. The van der Waals surface area contributed by atoms with E-state index in [0.717, 1.165) is 0 Å². The van der Waals surface area contributed by atoms with Crippen LogP contribution in [0.1, 0.15) is 5.56 Å². The van der Waals surface area contributed by atoms with Crippen LogP contribution in [0.2, 0.25) is 0 Å². The van der Waals surface area contributed by atoms with E-state index in [2.05, 4.69) is 6.07 Å². The van der Waals surface area contributed by atoms with Crippen molar-refractivity contribution in [2.45, 2.75) is 0 Å². The molecule has 0 amide bonds. The summed E-state index contributed by atoms with van der Waals surface area (Å²) in [7, 11) is 1.81. The zero-order chi connectivity index (χ0) is 14.4. The van der Waals surface area contributed by atoms with E-state index in [9.17, 15) is 4.39 Å². The Kier molecular flexibility index (Phi) is 4.56. The highest BCUT2D eigenvalue weighted by Gasteiger charge is 2.06. The van der Waals surface area contributed by atoms with Crippen LogP contribution in [0.5, 0.6) is 5.75 Å². The number of hydrogen-bond acceptors (Lipinski definition) is 3. The van der Waals surface area contributed by atoms with Gasteiger partial charge in [0.1, 0.15) is 18.2 Å². The molecule has 3 nitrogen and oxygen atoms in total. The Morgan fingerprint density at radius 3 is 2.75 bits per heavy atom. The van der Waals surface area contributed by atoms with Crippen molar-refractivity contribution in [1.29, 1.82) is 5.26 Å². The van der Waals surface area contributed by atoms with Gasteiger partial charge >= 0.3 is 0 Å². The molecular weight excluding hydrogens is 255 g/mol. The van der Waals surface area contributed by atoms with Gasteiger partial charge in [-0.15, -0.1) is 0 Å². The Bertz CT molecular complexity index is 622. The van der Waals surface area contributed by atoms with Crippen LogP contribution in [0, 0.1) is 17.1 Å². The molecular formula is C16H15FN2O. The van der Waals surface area contributed by atoms with E-state index in [1.165, 1.54) is 6.07 Å². The standard InChI is InChI=1S/C16H15FN2O/c1-19(16-8-3-2-7-15(16)17)9-10-20-14-6-4-5-13(11-14)12-18/h2-8,11H,9-10H2,1H3. The molecule has 0 radical (unpaired) electrons. The van der Waals surface area contributed by atoms with Crippen molar-refractivity contribution in [3.8, 4) is 11.8 Å². The molecule has 0 atom stereocenters. The third kappa shape index (κ3) is 3.48. The number of halogens is 1. The summed E-state index contributed by atoms with van der Waals surface area (Å²) in [6, 6.07) is 15.7. The van der Waals surface area contributed by atoms with Crippen LogP contribution in [0.15, 0.2) is 48.5 Å². The molecule has 0 aliphatic carbocycles. The highest BCUT2D eigenvalue weighted by Crippen LogP contribution is 2.17. The zero-order valence-corrected chi connectivity index (χ0v) is 11.2. The van der Waals surface area contributed by atoms with Gasteiger partial charge in [0, 0.05) is 7.05 Å². The van der Waals surface area contributed by atoms with Crippen LogP contribution in [-0.4, -0.2) is 20.2 Å². The zero-order valence-electron chi connectivity index (χ0n) is 11.2. The molecule has 0 aromatic heterocycles. The van der Waals surface area contributed by atoms with Gasteiger partial charge in [-0.2, -0.15) is 5.26 Å². The SMILES string of the molecule is CN(CCOc1cccc(C#N)c1)c1ccccc1F. The molecule has 0 N–H and O–H groups in total. The quantitative estimate of drug-likeness (QED) is 0.837. The Balaban J connectivity index is 1.90. The third-order valence-corrected chi connectivity index (χ3v) is 2.92. The van der Waals surface area contributed by atoms with Gasteiger partial charge in [-0.05, 0) is 30.3 Å². The van der Waals surface area contributed by atoms with Crippen LogP contribution >= 0.6 is 0 Å². The van der Waals surface area contributed by atoms with Gasteiger partial charge in [-0.1, -0.05) is 18.2 Å². The van der Waals surface area contributed by atoms with Crippen molar-refractivity contribution in [3.05, 3.63) is 59.9 Å². The highest BCUT2D eigenvalue weighted by molar-refractivity contribution is 5.46. The second kappa shape index (κ2) is 6.58. The molecule has 0 saturated heterocycles. The fraction of sp³-hybridized carbons (Fsp3) is 0.188. The first-order valence-corrected chi connectivity index (χ1v) is 6.29. The summed E-state index contributed by atoms with van der Waals surface area (Å²) >= 11 is 0. The first-order chi connectivity index (χ1) is 9.70. The van der Waals surface area contributed by atoms with Crippen LogP contribution in [0.3, 0.4) is 0 Å². The van der Waals surface area contributed by atoms with E-state index in [1.807, 2.05) is 7.05 Å². The third-order valence-electron chi connectivity index (χ3n) is 2.92. The van der Waals surface area contributed by atoms with Crippen LogP contribution < -0.4 is 9.64 Å². The fourth-order valence-electron chi connectivity index (χ4n) is 1.84. The predicted octanol–water partition coefficient (Wildman–Crippen LogP) is 3.21. The molecule has 0 spiro atoms. The van der Waals surface area contributed by atoms with Crippen LogP contribution in [0.4, 0.5) is 10.1 Å². The van der Waals surface area contributed by atoms with Crippen molar-refractivity contribution >= 4 is 5.69 Å². The van der Waals surface area contributed by atoms with Gasteiger partial charge < -0.3 is 9.64 Å². The summed E-state index contributed by atoms with van der Waals surface area (Å²) in [5, 5.41) is 8.80. The largest absolute Gasteiger partial charge is 0.492 e. The average molecular weight is 270 g/mol. The maximum atomic E-state index is 13.6. The van der Waals surface area contributed by atoms with Gasteiger partial charge in [-0.3, -0.25) is 0 Å². The summed E-state index contributed by atoms with van der Waals surface area (Å²) in [5.41, 5.74) is 1.10. The second-order valence-corrected chi connectivity index (χ2v) is 4.36. The number of nitriles is 1. The van der Waals surface area contributed by atoms with E-state index in [-0.39, 0.29) is 5.82 Å². The Labute approximate surface area is 117 Å². The number of nitrogens with zero attached hydrogens (tertiary/aromatic N) is 2. The number of rotatable bonds is 5. The van der Waals surface area contributed by atoms with Crippen molar-refractivity contribution in [2.24, 2.45) is 0 Å². The number of ether oxygens (including phenoxy) is 1. The lowest BCUT2D eigenvalue weighted by atomic mass is 10.2. The van der Waals surface area contributed by atoms with Gasteiger partial charge in [0.25, 0.3) is 0 Å². The topological polar surface area (TPSA) is 36.3 Å². The minimum atomic E-state index is -0.249. The van der Waals surface area contributed by atoms with E-state index in [4.69, 9.17) is 10.00 Å². The van der Waals surface area contributed by atoms with Gasteiger partial charge in [0.2, 0.25) is 0 Å². The lowest BCUT2D eigenvalue weighted by Crippen LogP contribution is -2.24. The number of anilines is 1. The average Bonchev–Trinajstić information content (AvgIpc) is 2.48. The maximum Gasteiger partial charge on any atom is 0.146 e. The van der Waals surface area contributed by atoms with Crippen molar-refractivity contribution < 1.29 is 9.13 Å². The summed E-state index contributed by atoms with van der Waals surface area (Å²) in [6.07, 6.45) is 0. The molecule has 102 valence electrons. The first kappa shape index (κ1) is 13.9. The molecule has 2 rings (SSSR count). The van der Waals surface area contributed by atoms with Crippen molar-refractivity contribution in [3.63, 3.8) is 0 Å². The molecule has 0 bridgehead atoms. The smallest absolute Gasteiger partial charge is 0.146 e. The molecule has 2 aromatic carbocycles. The second-order valence-electron chi connectivity index (χ2n) is 4.36. The van der Waals surface area contributed by atoms with E-state index in [0.29, 0.717) is 30.2 Å². The molecule has 2 aromatic rings. The van der Waals surface area contributed by atoms with E-state index in [1.54, 1.807) is 47.4 Å². The van der Waals surface area contributed by atoms with Gasteiger partial charge in [0.15, 0.2) is 0 Å². The Morgan fingerprint density at radius 2 is 2.00 bits per heavy atom. The molecule has 4 heteroatoms. The summed E-state index contributed by atoms with van der Waals surface area (Å²) in [6.45, 7) is 0.970.